The summed E-state index contributed by atoms with van der Waals surface area (Å²) < 4.78 is 0. The van der Waals surface area contributed by atoms with Crippen molar-refractivity contribution in [3.63, 3.8) is 0 Å². The number of nitrogens with zero attached hydrogens (tertiary/aromatic N) is 3. The van der Waals surface area contributed by atoms with E-state index in [9.17, 15) is 24.3 Å². The van der Waals surface area contributed by atoms with Crippen LogP contribution in [0.25, 0.3) is 0 Å². The first-order chi connectivity index (χ1) is 20.2. The molecule has 0 aliphatic heterocycles. The molecule has 0 saturated carbocycles. The fourth-order valence-electron chi connectivity index (χ4n) is 3.60. The molecule has 0 spiro atoms. The standard InChI is InChI=1S/C32H49N7O5/c1-30(2,3)20-34-27(42)26(41)33-16-23(40)19-39(17-21-12-10-14-24(35-21)37-28(43)31(4,5)6)18-22-13-11-15-25(36-22)38-29(44)32(7,8)9/h10-15,23,40H,16-20H2,1-9H3,(H,33,41)(H,34,42)(H,35,37,43)(H,36,38,44). The van der Waals surface area contributed by atoms with E-state index >= 15 is 0 Å². The highest BCUT2D eigenvalue weighted by Gasteiger charge is 2.24. The van der Waals surface area contributed by atoms with Gasteiger partial charge in [0.2, 0.25) is 11.8 Å². The SMILES string of the molecule is CC(C)(C)CNC(=O)C(=O)NCC(O)CN(Cc1cccc(NC(=O)C(C)(C)C)n1)Cc1cccc(NC(=O)C(C)(C)C)n1. The first kappa shape index (κ1) is 36.3. The molecule has 1 atom stereocenters. The normalized spacial score (nSPS) is 12.8. The molecular weight excluding hydrogens is 562 g/mol. The van der Waals surface area contributed by atoms with Crippen LogP contribution in [-0.4, -0.2) is 69.3 Å². The fraction of sp³-hybridized carbons (Fsp3) is 0.562. The van der Waals surface area contributed by atoms with Gasteiger partial charge in [0, 0.05) is 43.6 Å². The van der Waals surface area contributed by atoms with Crippen molar-refractivity contribution in [1.82, 2.24) is 25.5 Å². The Balaban J connectivity index is 2.19. The summed E-state index contributed by atoms with van der Waals surface area (Å²) in [5.41, 5.74) is -0.113. The minimum Gasteiger partial charge on any atom is -0.390 e. The predicted molar refractivity (Wildman–Crippen MR) is 170 cm³/mol. The van der Waals surface area contributed by atoms with Gasteiger partial charge in [-0.25, -0.2) is 9.97 Å². The van der Waals surface area contributed by atoms with Crippen molar-refractivity contribution in [2.24, 2.45) is 16.2 Å². The van der Waals surface area contributed by atoms with Gasteiger partial charge in [0.15, 0.2) is 0 Å². The lowest BCUT2D eigenvalue weighted by molar-refractivity contribution is -0.139. The predicted octanol–water partition coefficient (Wildman–Crippen LogP) is 3.09. The molecule has 2 aromatic rings. The van der Waals surface area contributed by atoms with Gasteiger partial charge in [0.05, 0.1) is 17.5 Å². The van der Waals surface area contributed by atoms with Crippen molar-refractivity contribution >= 4 is 35.3 Å². The quantitative estimate of drug-likeness (QED) is 0.242. The van der Waals surface area contributed by atoms with Crippen LogP contribution in [0.5, 0.6) is 0 Å². The molecule has 4 amide bonds. The Bertz CT molecular complexity index is 1240. The Kier molecular flexibility index (Phi) is 12.5. The average Bonchev–Trinajstić information content (AvgIpc) is 2.89. The first-order valence-corrected chi connectivity index (χ1v) is 14.7. The number of amides is 4. The molecular formula is C32H49N7O5. The number of anilines is 2. The molecule has 0 aromatic carbocycles. The Hall–Kier alpha value is -3.90. The zero-order chi connectivity index (χ0) is 33.3. The Labute approximate surface area is 260 Å². The topological polar surface area (TPSA) is 166 Å². The van der Waals surface area contributed by atoms with Gasteiger partial charge in [0.25, 0.3) is 0 Å². The molecule has 0 saturated heterocycles. The van der Waals surface area contributed by atoms with E-state index in [0.29, 0.717) is 29.6 Å². The molecule has 44 heavy (non-hydrogen) atoms. The van der Waals surface area contributed by atoms with Crippen LogP contribution in [0.3, 0.4) is 0 Å². The van der Waals surface area contributed by atoms with Crippen LogP contribution in [0.4, 0.5) is 11.6 Å². The number of nitrogens with one attached hydrogen (secondary N) is 4. The van der Waals surface area contributed by atoms with Crippen LogP contribution < -0.4 is 21.3 Å². The van der Waals surface area contributed by atoms with Crippen molar-refractivity contribution in [2.75, 3.05) is 30.3 Å². The van der Waals surface area contributed by atoms with Crippen molar-refractivity contribution in [3.05, 3.63) is 47.8 Å². The van der Waals surface area contributed by atoms with Crippen LogP contribution >= 0.6 is 0 Å². The van der Waals surface area contributed by atoms with Crippen LogP contribution in [0.1, 0.15) is 73.7 Å². The monoisotopic (exact) mass is 611 g/mol. The number of rotatable bonds is 11. The summed E-state index contributed by atoms with van der Waals surface area (Å²) in [5, 5.41) is 21.6. The van der Waals surface area contributed by atoms with Crippen molar-refractivity contribution in [3.8, 4) is 0 Å². The minimum absolute atomic E-state index is 0.102. The van der Waals surface area contributed by atoms with E-state index in [1.807, 2.05) is 67.2 Å². The molecule has 0 fully saturated rings. The number of hydrogen-bond acceptors (Lipinski definition) is 8. The molecule has 2 heterocycles. The van der Waals surface area contributed by atoms with Gasteiger partial charge in [-0.05, 0) is 29.7 Å². The number of carbonyl (C=O) groups is 4. The molecule has 242 valence electrons. The molecule has 12 heteroatoms. The lowest BCUT2D eigenvalue weighted by Crippen LogP contribution is -2.46. The third kappa shape index (κ3) is 13.2. The number of aliphatic hydroxyl groups is 1. The summed E-state index contributed by atoms with van der Waals surface area (Å²) in [6, 6.07) is 10.6. The molecule has 2 rings (SSSR count). The third-order valence-corrected chi connectivity index (χ3v) is 6.18. The summed E-state index contributed by atoms with van der Waals surface area (Å²) >= 11 is 0. The summed E-state index contributed by atoms with van der Waals surface area (Å²) in [6.45, 7) is 17.5. The zero-order valence-corrected chi connectivity index (χ0v) is 27.5. The summed E-state index contributed by atoms with van der Waals surface area (Å²) in [5.74, 6) is -1.12. The van der Waals surface area contributed by atoms with Crippen LogP contribution in [0.2, 0.25) is 0 Å². The smallest absolute Gasteiger partial charge is 0.309 e. The molecule has 0 radical (unpaired) electrons. The van der Waals surface area contributed by atoms with Gasteiger partial charge < -0.3 is 26.4 Å². The fourth-order valence-corrected chi connectivity index (χ4v) is 3.60. The number of aliphatic hydroxyl groups excluding tert-OH is 1. The highest BCUT2D eigenvalue weighted by Crippen LogP contribution is 2.19. The Morgan fingerprint density at radius 1 is 0.727 bits per heavy atom. The lowest BCUT2D eigenvalue weighted by atomic mass is 9.96. The number of carbonyl (C=O) groups excluding carboxylic acids is 4. The largest absolute Gasteiger partial charge is 0.390 e. The zero-order valence-electron chi connectivity index (χ0n) is 27.5. The summed E-state index contributed by atoms with van der Waals surface area (Å²) in [6.07, 6.45) is -1.03. The van der Waals surface area contributed by atoms with Gasteiger partial charge in [-0.2, -0.15) is 0 Å². The molecule has 1 unspecified atom stereocenters. The van der Waals surface area contributed by atoms with Crippen molar-refractivity contribution in [2.45, 2.75) is 81.5 Å². The van der Waals surface area contributed by atoms with Crippen LogP contribution in [0, 0.1) is 16.2 Å². The van der Waals surface area contributed by atoms with Crippen molar-refractivity contribution < 1.29 is 24.3 Å². The maximum Gasteiger partial charge on any atom is 0.309 e. The molecule has 5 N–H and O–H groups in total. The molecule has 0 bridgehead atoms. The highest BCUT2D eigenvalue weighted by atomic mass is 16.3. The Morgan fingerprint density at radius 3 is 1.57 bits per heavy atom. The van der Waals surface area contributed by atoms with Gasteiger partial charge in [0.1, 0.15) is 11.6 Å². The van der Waals surface area contributed by atoms with Crippen molar-refractivity contribution in [1.29, 1.82) is 0 Å². The van der Waals surface area contributed by atoms with Crippen LogP contribution in [-0.2, 0) is 32.3 Å². The van der Waals surface area contributed by atoms with E-state index in [-0.39, 0.29) is 43.4 Å². The molecule has 2 aromatic heterocycles. The summed E-state index contributed by atoms with van der Waals surface area (Å²) in [7, 11) is 0. The van der Waals surface area contributed by atoms with E-state index in [0.717, 1.165) is 0 Å². The van der Waals surface area contributed by atoms with E-state index in [1.54, 1.807) is 36.4 Å². The lowest BCUT2D eigenvalue weighted by Gasteiger charge is -2.25. The minimum atomic E-state index is -1.03. The van der Waals surface area contributed by atoms with E-state index < -0.39 is 28.7 Å². The van der Waals surface area contributed by atoms with E-state index in [4.69, 9.17) is 0 Å². The van der Waals surface area contributed by atoms with Gasteiger partial charge in [-0.1, -0.05) is 74.4 Å². The van der Waals surface area contributed by atoms with E-state index in [2.05, 4.69) is 31.2 Å². The van der Waals surface area contributed by atoms with Crippen LogP contribution in [0.15, 0.2) is 36.4 Å². The maximum absolute atomic E-state index is 12.5. The number of aromatic nitrogens is 2. The van der Waals surface area contributed by atoms with E-state index in [1.165, 1.54) is 0 Å². The number of pyridine rings is 2. The second-order valence-corrected chi connectivity index (χ2v) is 14.2. The average molecular weight is 612 g/mol. The second kappa shape index (κ2) is 15.2. The molecule has 12 nitrogen and oxygen atoms in total. The molecule has 0 aliphatic rings. The van der Waals surface area contributed by atoms with Gasteiger partial charge in [-0.15, -0.1) is 0 Å². The highest BCUT2D eigenvalue weighted by molar-refractivity contribution is 6.35. The first-order valence-electron chi connectivity index (χ1n) is 14.7. The number of hydrogen-bond donors (Lipinski definition) is 5. The second-order valence-electron chi connectivity index (χ2n) is 14.2. The summed E-state index contributed by atoms with van der Waals surface area (Å²) in [4.78, 5) is 60.5. The van der Waals surface area contributed by atoms with Gasteiger partial charge in [-0.3, -0.25) is 24.1 Å². The Morgan fingerprint density at radius 2 is 1.16 bits per heavy atom. The maximum atomic E-state index is 12.5. The third-order valence-electron chi connectivity index (χ3n) is 6.18. The molecule has 0 aliphatic carbocycles. The van der Waals surface area contributed by atoms with Gasteiger partial charge >= 0.3 is 11.8 Å².